The Kier molecular flexibility index (Phi) is 6.94. The van der Waals surface area contributed by atoms with Crippen LogP contribution in [0.2, 0.25) is 0 Å². The van der Waals surface area contributed by atoms with E-state index >= 15 is 0 Å². The minimum atomic E-state index is -0.0273. The first-order chi connectivity index (χ1) is 5.72. The molecule has 1 amide bonds. The van der Waals surface area contributed by atoms with Gasteiger partial charge in [0.25, 0.3) is 0 Å². The average molecular weight is 293 g/mol. The Morgan fingerprint density at radius 3 is 1.92 bits per heavy atom. The molecule has 0 atom stereocenters. The summed E-state index contributed by atoms with van der Waals surface area (Å²) in [5, 5.41) is 0. The number of carbonyl (C=O) groups excluding carboxylic acids is 1. The topological polar surface area (TPSA) is 20.3 Å². The number of hydrogen-bond donors (Lipinski definition) is 0. The molecule has 0 saturated carbocycles. The molecule has 0 rings (SSSR count). The van der Waals surface area contributed by atoms with E-state index in [0.717, 1.165) is 0 Å². The van der Waals surface area contributed by atoms with Gasteiger partial charge in [-0.05, 0) is 9.66 Å². The van der Waals surface area contributed by atoms with Crippen molar-refractivity contribution in [3.8, 4) is 21.5 Å². The van der Waals surface area contributed by atoms with Gasteiger partial charge in [0.1, 0.15) is 0 Å². The third kappa shape index (κ3) is 5.23. The molecular weight excluding hydrogens is 286 g/mol. The minimum absolute atomic E-state index is 0.0273. The van der Waals surface area contributed by atoms with Crippen LogP contribution >= 0.6 is 31.9 Å². The van der Waals surface area contributed by atoms with Crippen molar-refractivity contribution in [3.05, 3.63) is 0 Å². The van der Waals surface area contributed by atoms with E-state index in [1.807, 2.05) is 0 Å². The lowest BCUT2D eigenvalue weighted by Gasteiger charge is -2.13. The SMILES string of the molecule is CC(=O)N(CC#CBr)CC#CBr. The summed E-state index contributed by atoms with van der Waals surface area (Å²) in [7, 11) is 0. The van der Waals surface area contributed by atoms with E-state index < -0.39 is 0 Å². The van der Waals surface area contributed by atoms with Crippen molar-refractivity contribution in [3.63, 3.8) is 0 Å². The Morgan fingerprint density at radius 1 is 1.25 bits per heavy atom. The number of hydrogen-bond acceptors (Lipinski definition) is 1. The highest BCUT2D eigenvalue weighted by molar-refractivity contribution is 9.12. The van der Waals surface area contributed by atoms with Gasteiger partial charge < -0.3 is 4.90 Å². The Labute approximate surface area is 88.9 Å². The van der Waals surface area contributed by atoms with E-state index in [-0.39, 0.29) is 5.91 Å². The molecule has 0 aliphatic rings. The molecule has 0 aliphatic carbocycles. The molecule has 0 unspecified atom stereocenters. The van der Waals surface area contributed by atoms with Gasteiger partial charge >= 0.3 is 0 Å². The molecule has 12 heavy (non-hydrogen) atoms. The van der Waals surface area contributed by atoms with Gasteiger partial charge in [-0.2, -0.15) is 0 Å². The molecule has 0 bridgehead atoms. The Morgan fingerprint density at radius 2 is 1.67 bits per heavy atom. The normalized spacial score (nSPS) is 7.25. The van der Waals surface area contributed by atoms with Crippen LogP contribution < -0.4 is 0 Å². The summed E-state index contributed by atoms with van der Waals surface area (Å²) in [5.74, 6) is 5.43. The van der Waals surface area contributed by atoms with E-state index in [9.17, 15) is 4.79 Å². The lowest BCUT2D eigenvalue weighted by Crippen LogP contribution is -2.29. The van der Waals surface area contributed by atoms with Gasteiger partial charge in [0, 0.05) is 38.8 Å². The molecule has 64 valence electrons. The Balaban J connectivity index is 4.07. The van der Waals surface area contributed by atoms with Gasteiger partial charge in [0.2, 0.25) is 5.91 Å². The molecule has 4 heteroatoms. The second-order valence-corrected chi connectivity index (χ2v) is 2.71. The van der Waals surface area contributed by atoms with Crippen molar-refractivity contribution < 1.29 is 4.79 Å². The van der Waals surface area contributed by atoms with E-state index in [1.54, 1.807) is 4.90 Å². The van der Waals surface area contributed by atoms with Gasteiger partial charge in [0.15, 0.2) is 0 Å². The van der Waals surface area contributed by atoms with E-state index in [1.165, 1.54) is 6.92 Å². The Hall–Kier alpha value is -0.450. The van der Waals surface area contributed by atoms with Crippen LogP contribution in [0.3, 0.4) is 0 Å². The quantitative estimate of drug-likeness (QED) is 0.707. The molecular formula is C8H7Br2NO. The first-order valence-corrected chi connectivity index (χ1v) is 4.73. The number of nitrogens with zero attached hydrogens (tertiary/aromatic N) is 1. The van der Waals surface area contributed by atoms with Crippen LogP contribution in [-0.4, -0.2) is 23.9 Å². The number of amides is 1. The maximum absolute atomic E-state index is 10.9. The molecule has 0 N–H and O–H groups in total. The molecule has 0 aliphatic heterocycles. The first-order valence-electron chi connectivity index (χ1n) is 3.15. The molecule has 2 nitrogen and oxygen atoms in total. The largest absolute Gasteiger partial charge is 0.321 e. The second-order valence-electron chi connectivity index (χ2n) is 1.92. The summed E-state index contributed by atoms with van der Waals surface area (Å²) in [6, 6.07) is 0. The van der Waals surface area contributed by atoms with E-state index in [4.69, 9.17) is 0 Å². The maximum atomic E-state index is 10.9. The van der Waals surface area contributed by atoms with Crippen LogP contribution in [-0.2, 0) is 4.79 Å². The summed E-state index contributed by atoms with van der Waals surface area (Å²) < 4.78 is 0. The monoisotopic (exact) mass is 291 g/mol. The van der Waals surface area contributed by atoms with Gasteiger partial charge in [-0.3, -0.25) is 4.79 Å². The van der Waals surface area contributed by atoms with Crippen LogP contribution in [0, 0.1) is 21.5 Å². The standard InChI is InChI=1S/C8H7Br2NO/c1-8(12)11(6-2-4-9)7-3-5-10/h6-7H2,1H3. The van der Waals surface area contributed by atoms with Gasteiger partial charge in [-0.15, -0.1) is 0 Å². The van der Waals surface area contributed by atoms with Crippen molar-refractivity contribution >= 4 is 37.8 Å². The molecule has 0 aromatic carbocycles. The minimum Gasteiger partial charge on any atom is -0.321 e. The number of rotatable bonds is 2. The van der Waals surface area contributed by atoms with Crippen molar-refractivity contribution in [1.29, 1.82) is 0 Å². The number of carbonyl (C=O) groups is 1. The van der Waals surface area contributed by atoms with Crippen molar-refractivity contribution in [2.24, 2.45) is 0 Å². The zero-order valence-electron chi connectivity index (χ0n) is 6.53. The molecule has 0 aromatic rings. The third-order valence-electron chi connectivity index (χ3n) is 1.12. The predicted octanol–water partition coefficient (Wildman–Crippen LogP) is 1.55. The second kappa shape index (κ2) is 7.21. The van der Waals surface area contributed by atoms with Crippen LogP contribution in [0.4, 0.5) is 0 Å². The van der Waals surface area contributed by atoms with Crippen molar-refractivity contribution in [2.75, 3.05) is 13.1 Å². The Bertz CT molecular complexity index is 244. The summed E-state index contributed by atoms with van der Waals surface area (Å²) >= 11 is 5.90. The third-order valence-corrected chi connectivity index (χ3v) is 1.68. The first kappa shape index (κ1) is 11.6. The highest BCUT2D eigenvalue weighted by Crippen LogP contribution is 1.87. The highest BCUT2D eigenvalue weighted by Gasteiger charge is 2.03. The fraction of sp³-hybridized carbons (Fsp3) is 0.375. The van der Waals surface area contributed by atoms with Crippen molar-refractivity contribution in [2.45, 2.75) is 6.92 Å². The van der Waals surface area contributed by atoms with Crippen LogP contribution in [0.1, 0.15) is 6.92 Å². The fourth-order valence-electron chi connectivity index (χ4n) is 0.529. The highest BCUT2D eigenvalue weighted by atomic mass is 79.9. The van der Waals surface area contributed by atoms with Crippen LogP contribution in [0.15, 0.2) is 0 Å². The van der Waals surface area contributed by atoms with E-state index in [2.05, 4.69) is 53.4 Å². The summed E-state index contributed by atoms with van der Waals surface area (Å²) in [6.07, 6.45) is 0. The summed E-state index contributed by atoms with van der Waals surface area (Å²) in [4.78, 5) is 17.5. The molecule has 0 radical (unpaired) electrons. The number of halogens is 2. The maximum Gasteiger partial charge on any atom is 0.221 e. The molecule has 0 aromatic heterocycles. The lowest BCUT2D eigenvalue weighted by molar-refractivity contribution is -0.127. The van der Waals surface area contributed by atoms with Crippen LogP contribution in [0.25, 0.3) is 0 Å². The molecule has 0 spiro atoms. The zero-order valence-corrected chi connectivity index (χ0v) is 9.70. The van der Waals surface area contributed by atoms with Gasteiger partial charge in [0.05, 0.1) is 13.1 Å². The zero-order chi connectivity index (χ0) is 9.40. The summed E-state index contributed by atoms with van der Waals surface area (Å²) in [5.41, 5.74) is 0. The fourth-order valence-corrected chi connectivity index (χ4v) is 0.780. The van der Waals surface area contributed by atoms with Gasteiger partial charge in [-0.1, -0.05) is 11.8 Å². The smallest absolute Gasteiger partial charge is 0.221 e. The average Bonchev–Trinajstić information content (AvgIpc) is 2.04. The van der Waals surface area contributed by atoms with E-state index in [0.29, 0.717) is 13.1 Å². The van der Waals surface area contributed by atoms with Gasteiger partial charge in [-0.25, -0.2) is 0 Å². The summed E-state index contributed by atoms with van der Waals surface area (Å²) in [6.45, 7) is 2.30. The molecule has 0 saturated heterocycles. The molecule has 0 heterocycles. The molecule has 0 fully saturated rings. The predicted molar refractivity (Wildman–Crippen MR) is 55.7 cm³/mol. The van der Waals surface area contributed by atoms with Crippen molar-refractivity contribution in [1.82, 2.24) is 4.90 Å². The van der Waals surface area contributed by atoms with Crippen LogP contribution in [0.5, 0.6) is 0 Å². The lowest BCUT2D eigenvalue weighted by atomic mass is 10.4.